The first kappa shape index (κ1) is 37.0. The van der Waals surface area contributed by atoms with Gasteiger partial charge in [-0.3, -0.25) is 0 Å². The van der Waals surface area contributed by atoms with Crippen molar-refractivity contribution in [3.05, 3.63) is 42.7 Å². The first-order valence-electron chi connectivity index (χ1n) is 12.1. The van der Waals surface area contributed by atoms with E-state index >= 15 is 0 Å². The van der Waals surface area contributed by atoms with Crippen LogP contribution in [0, 0.1) is 0 Å². The number of nitrogens with zero attached hydrogens (tertiary/aromatic N) is 3. The van der Waals surface area contributed by atoms with Crippen molar-refractivity contribution in [2.24, 2.45) is 0 Å². The fourth-order valence-electron chi connectivity index (χ4n) is 3.96. The average molecular weight is 614 g/mol. The Morgan fingerprint density at radius 3 is 2.02 bits per heavy atom. The number of unbranched alkanes of at least 4 members (excludes halogenated alkanes) is 2. The fraction of sp³-hybridized carbons (Fsp3) is 0.458. The normalized spacial score (nSPS) is 11.6. The molecular weight excluding hydrogens is 584 g/mol. The van der Waals surface area contributed by atoms with Gasteiger partial charge < -0.3 is 28.3 Å². The van der Waals surface area contributed by atoms with Crippen molar-refractivity contribution >= 4 is 43.0 Å². The molecule has 16 heteroatoms. The summed E-state index contributed by atoms with van der Waals surface area (Å²) in [6.07, 6.45) is 6.10. The number of carbonyl (C=O) groups is 1. The number of carbonyl (C=O) groups excluding carboxylic acids is 1. The molecule has 0 fully saturated rings. The molecule has 40 heavy (non-hydrogen) atoms. The molecule has 2 heterocycles. The molecule has 0 saturated carbocycles. The molecule has 0 bridgehead atoms. The number of aliphatic carboxylic acids is 1. The first-order chi connectivity index (χ1) is 17.9. The van der Waals surface area contributed by atoms with Gasteiger partial charge in [0.2, 0.25) is 5.89 Å². The molecule has 0 atom stereocenters. The summed E-state index contributed by atoms with van der Waals surface area (Å²) < 4.78 is 73.8. The number of aromatic nitrogens is 2. The molecule has 0 spiro atoms. The van der Waals surface area contributed by atoms with E-state index < -0.39 is 37.7 Å². The van der Waals surface area contributed by atoms with Crippen molar-refractivity contribution in [2.45, 2.75) is 45.1 Å². The predicted molar refractivity (Wildman–Crippen MR) is 134 cm³/mol. The van der Waals surface area contributed by atoms with Crippen molar-refractivity contribution in [1.82, 2.24) is 4.98 Å². The molecule has 12 nitrogen and oxygen atoms in total. The van der Waals surface area contributed by atoms with E-state index in [2.05, 4.69) is 4.98 Å². The molecule has 0 amide bonds. The number of carboxylic acid groups (broad SMARTS) is 1. The number of benzene rings is 1. The number of carboxylic acids is 1. The summed E-state index contributed by atoms with van der Waals surface area (Å²) in [5.74, 6) is -1.78. The number of aryl methyl sites for hydroxylation is 1. The summed E-state index contributed by atoms with van der Waals surface area (Å²) in [5, 5.41) is 10.5. The van der Waals surface area contributed by atoms with E-state index in [9.17, 15) is 35.8 Å². The van der Waals surface area contributed by atoms with Crippen LogP contribution in [0.2, 0.25) is 0 Å². The van der Waals surface area contributed by atoms with Gasteiger partial charge in [0.15, 0.2) is 18.0 Å². The van der Waals surface area contributed by atoms with Crippen molar-refractivity contribution in [1.29, 1.82) is 0 Å². The second kappa shape index (κ2) is 17.1. The van der Waals surface area contributed by atoms with E-state index in [0.29, 0.717) is 29.1 Å². The number of hydrogen-bond donors (Lipinski definition) is 0. The zero-order valence-corrected chi connectivity index (χ0v) is 28.3. The van der Waals surface area contributed by atoms with E-state index in [1.807, 2.05) is 29.1 Å². The Bertz CT molecular complexity index is 1410. The smallest absolute Gasteiger partial charge is 0.748 e. The van der Waals surface area contributed by atoms with Crippen LogP contribution in [0.5, 0.6) is 0 Å². The number of pyridine rings is 1. The van der Waals surface area contributed by atoms with Crippen LogP contribution in [0.3, 0.4) is 0 Å². The van der Waals surface area contributed by atoms with Crippen LogP contribution in [0.15, 0.2) is 47.1 Å². The molecule has 0 unspecified atom stereocenters. The van der Waals surface area contributed by atoms with E-state index in [4.69, 9.17) is 4.42 Å². The maximum absolute atomic E-state index is 11.0. The summed E-state index contributed by atoms with van der Waals surface area (Å²) in [7, 11) is -8.80. The van der Waals surface area contributed by atoms with Gasteiger partial charge in [0.25, 0.3) is 0 Å². The Hall–Kier alpha value is -1.07. The van der Waals surface area contributed by atoms with E-state index in [0.717, 1.165) is 24.9 Å². The molecular formula is C24H29N3Na2O9S2. The van der Waals surface area contributed by atoms with Crippen LogP contribution in [0.25, 0.3) is 22.6 Å². The maximum Gasteiger partial charge on any atom is 1.00 e. The van der Waals surface area contributed by atoms with Gasteiger partial charge in [0, 0.05) is 66.4 Å². The molecule has 3 rings (SSSR count). The average Bonchev–Trinajstić information content (AvgIpc) is 3.25. The molecule has 208 valence electrons. The van der Waals surface area contributed by atoms with Gasteiger partial charge in [-0.1, -0.05) is 0 Å². The third kappa shape index (κ3) is 13.3. The van der Waals surface area contributed by atoms with Crippen molar-refractivity contribution in [2.75, 3.05) is 29.5 Å². The van der Waals surface area contributed by atoms with Crippen LogP contribution in [0.1, 0.15) is 38.5 Å². The standard InChI is InChI=1S/C24H31N3O9S2.2Na/c28-23(29)6-2-1-3-11-26-14-9-19(10-15-26)24-25-21-8-7-20(18-22(21)36-24)27(12-4-16-37(30,31)32)13-5-17-38(33,34)35;;/h7-10,14-15,18H,1-6,11-13,16-17H2,(H2-,28,29,30,31,32,33,34,35);;/q;2*+1/p-2. The van der Waals surface area contributed by atoms with Crippen LogP contribution >= 0.6 is 0 Å². The molecule has 2 aromatic heterocycles. The predicted octanol–water partition coefficient (Wildman–Crippen LogP) is -5.22. The van der Waals surface area contributed by atoms with Gasteiger partial charge >= 0.3 is 59.1 Å². The second-order valence-corrected chi connectivity index (χ2v) is 11.9. The van der Waals surface area contributed by atoms with Crippen LogP contribution in [0.4, 0.5) is 5.69 Å². The maximum atomic E-state index is 11.0. The van der Waals surface area contributed by atoms with Gasteiger partial charge in [0.1, 0.15) is 12.1 Å². The Kier molecular flexibility index (Phi) is 15.8. The Morgan fingerprint density at radius 2 is 1.48 bits per heavy atom. The number of rotatable bonds is 16. The molecule has 3 aromatic rings. The third-order valence-corrected chi connectivity index (χ3v) is 7.39. The molecule has 1 aromatic carbocycles. The van der Waals surface area contributed by atoms with E-state index in [1.54, 1.807) is 23.1 Å². The summed E-state index contributed by atoms with van der Waals surface area (Å²) in [4.78, 5) is 16.7. The van der Waals surface area contributed by atoms with Crippen molar-refractivity contribution in [3.63, 3.8) is 0 Å². The minimum atomic E-state index is -4.40. The van der Waals surface area contributed by atoms with E-state index in [1.165, 1.54) is 0 Å². The summed E-state index contributed by atoms with van der Waals surface area (Å²) in [5.41, 5.74) is 2.39. The van der Waals surface area contributed by atoms with Gasteiger partial charge in [-0.25, -0.2) is 26.4 Å². The number of oxazole rings is 1. The van der Waals surface area contributed by atoms with Crippen molar-refractivity contribution < 1.29 is 104 Å². The number of anilines is 1. The van der Waals surface area contributed by atoms with Crippen LogP contribution < -0.4 is 73.7 Å². The molecule has 0 aliphatic carbocycles. The molecule has 0 N–H and O–H groups in total. The monoisotopic (exact) mass is 613 g/mol. The summed E-state index contributed by atoms with van der Waals surface area (Å²) in [6, 6.07) is 8.84. The van der Waals surface area contributed by atoms with Crippen LogP contribution in [-0.4, -0.2) is 61.5 Å². The van der Waals surface area contributed by atoms with Gasteiger partial charge in [-0.2, -0.15) is 0 Å². The minimum absolute atomic E-state index is 0. The van der Waals surface area contributed by atoms with E-state index in [-0.39, 0.29) is 91.5 Å². The first-order valence-corrected chi connectivity index (χ1v) is 15.3. The van der Waals surface area contributed by atoms with Gasteiger partial charge in [-0.15, -0.1) is 0 Å². The Balaban J connectivity index is 0.00000400. The Labute approximate surface area is 278 Å². The number of hydrogen-bond acceptors (Lipinski definition) is 11. The van der Waals surface area contributed by atoms with Gasteiger partial charge in [-0.05, 0) is 44.2 Å². The molecule has 0 radical (unpaired) electrons. The topological polar surface area (TPSA) is 188 Å². The SMILES string of the molecule is O=C([O-])CCCCC[n+]1ccc(-c2nc3ccc(N(CCCS(=O)(=O)[O-])CCCS(=O)(=O)[O-])cc3o2)cc1.[Na+].[Na+]. The quantitative estimate of drug-likeness (QED) is 0.0650. The number of fused-ring (bicyclic) bond motifs is 1. The third-order valence-electron chi connectivity index (χ3n) is 5.82. The molecule has 0 aliphatic rings. The fourth-order valence-corrected chi connectivity index (χ4v) is 4.92. The van der Waals surface area contributed by atoms with Crippen molar-refractivity contribution in [3.8, 4) is 11.5 Å². The van der Waals surface area contributed by atoms with Crippen LogP contribution in [-0.2, 0) is 31.6 Å². The largest absolute Gasteiger partial charge is 1.00 e. The van der Waals surface area contributed by atoms with Gasteiger partial charge in [0.05, 0.1) is 20.2 Å². The molecule has 0 saturated heterocycles. The summed E-state index contributed by atoms with van der Waals surface area (Å²) >= 11 is 0. The second-order valence-electron chi connectivity index (χ2n) is 8.90. The minimum Gasteiger partial charge on any atom is -0.748 e. The zero-order chi connectivity index (χ0) is 27.8. The Morgan fingerprint density at radius 1 is 0.875 bits per heavy atom. The molecule has 0 aliphatic heterocycles. The zero-order valence-electron chi connectivity index (χ0n) is 22.7. The summed E-state index contributed by atoms with van der Waals surface area (Å²) in [6.45, 7) is 1.07.